The molecule has 2 bridgehead atoms. The van der Waals surface area contributed by atoms with Crippen molar-refractivity contribution in [3.8, 4) is 22.9 Å². The molecule has 9 heteroatoms. The van der Waals surface area contributed by atoms with Crippen molar-refractivity contribution in [3.05, 3.63) is 54.3 Å². The van der Waals surface area contributed by atoms with E-state index in [9.17, 15) is 5.11 Å². The number of hydrogen-bond donors (Lipinski definition) is 2. The van der Waals surface area contributed by atoms with E-state index in [2.05, 4.69) is 32.0 Å². The molecule has 5 heterocycles. The molecule has 3 aromatic carbocycles. The third-order valence-electron chi connectivity index (χ3n) is 10.00. The molecule has 4 aromatic rings. The summed E-state index contributed by atoms with van der Waals surface area (Å²) in [5, 5.41) is 16.3. The first kappa shape index (κ1) is 26.1. The number of hydrogen-bond acceptors (Lipinski definition) is 8. The van der Waals surface area contributed by atoms with Crippen LogP contribution in [0.5, 0.6) is 11.8 Å². The van der Waals surface area contributed by atoms with Crippen molar-refractivity contribution >= 4 is 27.5 Å². The predicted octanol–water partition coefficient (Wildman–Crippen LogP) is 4.39. The van der Waals surface area contributed by atoms with Crippen LogP contribution in [-0.2, 0) is 0 Å². The summed E-state index contributed by atoms with van der Waals surface area (Å²) in [7, 11) is 2.12. The highest BCUT2D eigenvalue weighted by atomic mass is 19.1. The van der Waals surface area contributed by atoms with Gasteiger partial charge in [0.15, 0.2) is 5.82 Å². The van der Waals surface area contributed by atoms with Crippen LogP contribution >= 0.6 is 0 Å². The number of anilines is 1. The van der Waals surface area contributed by atoms with Gasteiger partial charge in [-0.15, -0.1) is 0 Å². The number of piperazine rings is 1. The molecule has 0 radical (unpaired) electrons. The van der Waals surface area contributed by atoms with Crippen LogP contribution in [0, 0.1) is 5.82 Å². The molecule has 0 spiro atoms. The van der Waals surface area contributed by atoms with Crippen LogP contribution in [0.3, 0.4) is 0 Å². The van der Waals surface area contributed by atoms with Gasteiger partial charge >= 0.3 is 6.01 Å². The minimum Gasteiger partial charge on any atom is -0.508 e. The Morgan fingerprint density at radius 3 is 2.50 bits per heavy atom. The van der Waals surface area contributed by atoms with Crippen LogP contribution < -0.4 is 15.0 Å². The van der Waals surface area contributed by atoms with E-state index in [0.717, 1.165) is 62.2 Å². The summed E-state index contributed by atoms with van der Waals surface area (Å²) in [5.74, 6) is 0.437. The fraction of sp³-hybridized carbons (Fsp3) is 0.455. The molecular formula is C33H37FN6O2. The van der Waals surface area contributed by atoms with E-state index in [4.69, 9.17) is 9.72 Å². The molecule has 0 aliphatic carbocycles. The number of fused-ring (bicyclic) bond motifs is 4. The zero-order valence-electron chi connectivity index (χ0n) is 24.0. The molecule has 4 saturated heterocycles. The highest BCUT2D eigenvalue weighted by Crippen LogP contribution is 2.40. The Morgan fingerprint density at radius 2 is 1.76 bits per heavy atom. The number of likely N-dealkylation sites (N-methyl/N-ethyl adjacent to an activating group) is 1. The van der Waals surface area contributed by atoms with E-state index in [1.54, 1.807) is 12.1 Å². The number of likely N-dealkylation sites (tertiary alicyclic amines) is 1. The number of ether oxygens (including phenoxy) is 1. The third kappa shape index (κ3) is 4.37. The topological polar surface area (TPSA) is 77.0 Å². The average Bonchev–Trinajstić information content (AvgIpc) is 3.48. The SMILES string of the molecule is CN1CCC[C@H]1COc1nc(N2C[C@H]3CC[C@@H](C2)N3C2CNC2)c2ccc(-c3cc(O)cc4ccccc34)c(F)c2n1. The maximum absolute atomic E-state index is 16.7. The Morgan fingerprint density at radius 1 is 0.952 bits per heavy atom. The van der Waals surface area contributed by atoms with Crippen molar-refractivity contribution in [2.75, 3.05) is 51.3 Å². The third-order valence-corrected chi connectivity index (χ3v) is 10.00. The predicted molar refractivity (Wildman–Crippen MR) is 163 cm³/mol. The number of phenolic OH excluding ortho intramolecular Hbond substituents is 1. The summed E-state index contributed by atoms with van der Waals surface area (Å²) in [6.45, 7) is 5.39. The number of rotatable bonds is 6. The molecule has 218 valence electrons. The maximum Gasteiger partial charge on any atom is 0.319 e. The molecule has 0 unspecified atom stereocenters. The van der Waals surface area contributed by atoms with Gasteiger partial charge in [-0.1, -0.05) is 30.3 Å². The molecule has 0 saturated carbocycles. The zero-order chi connectivity index (χ0) is 28.4. The molecule has 4 aliphatic heterocycles. The lowest BCUT2D eigenvalue weighted by atomic mass is 9.96. The number of nitrogens with zero attached hydrogens (tertiary/aromatic N) is 5. The van der Waals surface area contributed by atoms with Crippen LogP contribution in [0.15, 0.2) is 48.5 Å². The summed E-state index contributed by atoms with van der Waals surface area (Å²) >= 11 is 0. The first-order valence-corrected chi connectivity index (χ1v) is 15.3. The van der Waals surface area contributed by atoms with Crippen molar-refractivity contribution < 1.29 is 14.2 Å². The largest absolute Gasteiger partial charge is 0.508 e. The maximum atomic E-state index is 16.7. The van der Waals surface area contributed by atoms with Crippen molar-refractivity contribution in [1.82, 2.24) is 25.1 Å². The lowest BCUT2D eigenvalue weighted by Gasteiger charge is -2.48. The molecule has 8 nitrogen and oxygen atoms in total. The number of nitrogens with one attached hydrogen (secondary N) is 1. The van der Waals surface area contributed by atoms with Crippen LogP contribution in [0.2, 0.25) is 0 Å². The van der Waals surface area contributed by atoms with E-state index in [-0.39, 0.29) is 17.3 Å². The molecule has 3 atom stereocenters. The van der Waals surface area contributed by atoms with Gasteiger partial charge in [-0.05, 0) is 73.8 Å². The van der Waals surface area contributed by atoms with Crippen LogP contribution in [0.25, 0.3) is 32.8 Å². The van der Waals surface area contributed by atoms with Gasteiger partial charge in [0.05, 0.1) is 0 Å². The monoisotopic (exact) mass is 568 g/mol. The van der Waals surface area contributed by atoms with E-state index in [0.29, 0.717) is 47.3 Å². The Kier molecular flexibility index (Phi) is 6.42. The summed E-state index contributed by atoms with van der Waals surface area (Å²) in [4.78, 5) is 17.0. The van der Waals surface area contributed by atoms with E-state index in [1.807, 2.05) is 36.4 Å². The molecule has 4 fully saturated rings. The van der Waals surface area contributed by atoms with Crippen molar-refractivity contribution in [2.24, 2.45) is 0 Å². The quantitative estimate of drug-likeness (QED) is 0.355. The first-order chi connectivity index (χ1) is 20.5. The first-order valence-electron chi connectivity index (χ1n) is 15.3. The number of benzene rings is 3. The highest BCUT2D eigenvalue weighted by molar-refractivity contribution is 6.01. The molecular weight excluding hydrogens is 531 g/mol. The summed E-state index contributed by atoms with van der Waals surface area (Å²) in [6.07, 6.45) is 4.58. The Bertz CT molecular complexity index is 1650. The molecule has 1 aromatic heterocycles. The van der Waals surface area contributed by atoms with Crippen molar-refractivity contribution in [1.29, 1.82) is 0 Å². The second-order valence-corrected chi connectivity index (χ2v) is 12.5. The Balaban J connectivity index is 1.22. The van der Waals surface area contributed by atoms with Crippen LogP contribution in [-0.4, -0.2) is 95.4 Å². The van der Waals surface area contributed by atoms with Crippen molar-refractivity contribution in [3.63, 3.8) is 0 Å². The summed E-state index contributed by atoms with van der Waals surface area (Å²) < 4.78 is 22.9. The minimum absolute atomic E-state index is 0.103. The average molecular weight is 569 g/mol. The smallest absolute Gasteiger partial charge is 0.319 e. The fourth-order valence-electron chi connectivity index (χ4n) is 7.71. The normalized spacial score (nSPS) is 25.0. The van der Waals surface area contributed by atoms with E-state index < -0.39 is 5.82 Å². The molecule has 2 N–H and O–H groups in total. The van der Waals surface area contributed by atoms with Gasteiger partial charge in [-0.2, -0.15) is 9.97 Å². The lowest BCUT2D eigenvalue weighted by Crippen LogP contribution is -2.65. The van der Waals surface area contributed by atoms with Gasteiger partial charge in [-0.25, -0.2) is 4.39 Å². The molecule has 42 heavy (non-hydrogen) atoms. The summed E-state index contributed by atoms with van der Waals surface area (Å²) in [6, 6.07) is 16.9. The molecule has 8 rings (SSSR count). The number of phenols is 1. The second kappa shape index (κ2) is 10.3. The second-order valence-electron chi connectivity index (χ2n) is 12.5. The van der Waals surface area contributed by atoms with Gasteiger partial charge in [-0.3, -0.25) is 4.90 Å². The fourth-order valence-corrected chi connectivity index (χ4v) is 7.71. The van der Waals surface area contributed by atoms with E-state index in [1.165, 1.54) is 12.8 Å². The minimum atomic E-state index is -0.420. The molecule has 0 amide bonds. The van der Waals surface area contributed by atoms with Gasteiger partial charge in [0, 0.05) is 61.3 Å². The number of aromatic hydroxyl groups is 1. The van der Waals surface area contributed by atoms with Gasteiger partial charge in [0.2, 0.25) is 0 Å². The van der Waals surface area contributed by atoms with Gasteiger partial charge in [0.25, 0.3) is 0 Å². The van der Waals surface area contributed by atoms with E-state index >= 15 is 4.39 Å². The lowest BCUT2D eigenvalue weighted by molar-refractivity contribution is 0.0768. The highest BCUT2D eigenvalue weighted by Gasteiger charge is 2.45. The molecule has 4 aliphatic rings. The summed E-state index contributed by atoms with van der Waals surface area (Å²) in [5.41, 5.74) is 1.31. The van der Waals surface area contributed by atoms with Crippen molar-refractivity contribution in [2.45, 2.75) is 49.9 Å². The standard InChI is InChI=1S/C33H37FN6O2/c1-38-12-4-6-23(38)19-42-33-36-31-28(32(37-33)39-17-21-8-9-22(18-39)40(21)24-15-35-16-24)11-10-27(30(31)34)29-14-25(41)13-20-5-2-3-7-26(20)29/h2-3,5,7,10-11,13-14,21-24,35,41H,4,6,8-9,12,15-19H2,1H3/t21-,22+,23-/m0/s1. The Hall–Kier alpha value is -3.53. The number of aromatic nitrogens is 2. The van der Waals surface area contributed by atoms with Crippen LogP contribution in [0.1, 0.15) is 25.7 Å². The van der Waals surface area contributed by atoms with Crippen LogP contribution in [0.4, 0.5) is 10.2 Å². The zero-order valence-corrected chi connectivity index (χ0v) is 24.0. The number of halogens is 1. The van der Waals surface area contributed by atoms with Gasteiger partial charge < -0.3 is 25.0 Å². The van der Waals surface area contributed by atoms with Gasteiger partial charge in [0.1, 0.15) is 23.7 Å². The Labute approximate surface area is 245 Å².